The normalized spacial score (nSPS) is 15.5. The first-order chi connectivity index (χ1) is 16.7. The first-order valence-electron chi connectivity index (χ1n) is 11.7. The molecular formula is C25H26BF3N6. The SMILES string of the molecule is Bc1ccc2nc(Nc3cc(CN4CCC(C(F)(F)F)CC4)cc(-c4cnn(C)c4)c3)ncc2c1. The van der Waals surface area contributed by atoms with Gasteiger partial charge in [-0.25, -0.2) is 9.97 Å². The number of rotatable bonds is 5. The summed E-state index contributed by atoms with van der Waals surface area (Å²) in [5, 5.41) is 8.57. The molecule has 0 radical (unpaired) electrons. The van der Waals surface area contributed by atoms with Crippen LogP contribution in [0.25, 0.3) is 22.0 Å². The van der Waals surface area contributed by atoms with Crippen molar-refractivity contribution in [1.82, 2.24) is 24.6 Å². The van der Waals surface area contributed by atoms with Gasteiger partial charge >= 0.3 is 6.18 Å². The van der Waals surface area contributed by atoms with E-state index in [1.165, 1.54) is 0 Å². The van der Waals surface area contributed by atoms with Crippen molar-refractivity contribution in [2.24, 2.45) is 13.0 Å². The van der Waals surface area contributed by atoms with E-state index in [2.05, 4.69) is 31.3 Å². The van der Waals surface area contributed by atoms with Gasteiger partial charge in [-0.1, -0.05) is 17.6 Å². The van der Waals surface area contributed by atoms with Crippen molar-refractivity contribution in [2.45, 2.75) is 25.6 Å². The number of hydrogen-bond acceptors (Lipinski definition) is 5. The van der Waals surface area contributed by atoms with Crippen LogP contribution in [0.3, 0.4) is 0 Å². The Morgan fingerprint density at radius 2 is 1.86 bits per heavy atom. The predicted molar refractivity (Wildman–Crippen MR) is 134 cm³/mol. The van der Waals surface area contributed by atoms with Gasteiger partial charge in [-0.2, -0.15) is 18.3 Å². The quantitative estimate of drug-likeness (QED) is 0.443. The lowest BCUT2D eigenvalue weighted by atomic mass is 9.95. The van der Waals surface area contributed by atoms with E-state index < -0.39 is 12.1 Å². The van der Waals surface area contributed by atoms with Gasteiger partial charge in [-0.3, -0.25) is 9.58 Å². The molecule has 1 N–H and O–H groups in total. The average molecular weight is 478 g/mol. The fourth-order valence-electron chi connectivity index (χ4n) is 4.61. The second-order valence-electron chi connectivity index (χ2n) is 9.29. The van der Waals surface area contributed by atoms with Gasteiger partial charge in [0.05, 0.1) is 17.6 Å². The molecule has 2 aromatic heterocycles. The lowest BCUT2D eigenvalue weighted by Gasteiger charge is -2.33. The van der Waals surface area contributed by atoms with Crippen LogP contribution in [0.4, 0.5) is 24.8 Å². The number of anilines is 2. The van der Waals surface area contributed by atoms with E-state index >= 15 is 0 Å². The van der Waals surface area contributed by atoms with Crippen LogP contribution >= 0.6 is 0 Å². The lowest BCUT2D eigenvalue weighted by Crippen LogP contribution is -2.38. The number of halogens is 3. The number of nitrogens with zero attached hydrogens (tertiary/aromatic N) is 5. The number of aryl methyl sites for hydroxylation is 1. The second kappa shape index (κ2) is 9.33. The van der Waals surface area contributed by atoms with Crippen molar-refractivity contribution in [3.8, 4) is 11.1 Å². The molecule has 0 bridgehead atoms. The van der Waals surface area contributed by atoms with E-state index in [-0.39, 0.29) is 12.8 Å². The highest BCUT2D eigenvalue weighted by atomic mass is 19.4. The maximum absolute atomic E-state index is 13.1. The summed E-state index contributed by atoms with van der Waals surface area (Å²) < 4.78 is 40.9. The molecule has 0 spiro atoms. The molecule has 180 valence electrons. The number of alkyl halides is 3. The molecule has 0 saturated carbocycles. The molecule has 0 amide bonds. The molecule has 0 unspecified atom stereocenters. The van der Waals surface area contributed by atoms with Gasteiger partial charge in [0.1, 0.15) is 7.85 Å². The van der Waals surface area contributed by atoms with Crippen LogP contribution in [0.15, 0.2) is 55.0 Å². The molecule has 0 atom stereocenters. The van der Waals surface area contributed by atoms with Crippen LogP contribution in [0, 0.1) is 5.92 Å². The van der Waals surface area contributed by atoms with Crippen LogP contribution in [0.1, 0.15) is 18.4 Å². The maximum atomic E-state index is 13.1. The molecular weight excluding hydrogens is 452 g/mol. The third-order valence-electron chi connectivity index (χ3n) is 6.48. The van der Waals surface area contributed by atoms with Crippen molar-refractivity contribution in [3.05, 3.63) is 60.6 Å². The zero-order valence-corrected chi connectivity index (χ0v) is 19.7. The molecule has 0 aliphatic carbocycles. The maximum Gasteiger partial charge on any atom is 0.391 e. The van der Waals surface area contributed by atoms with E-state index in [1.54, 1.807) is 17.1 Å². The van der Waals surface area contributed by atoms with E-state index in [4.69, 9.17) is 0 Å². The van der Waals surface area contributed by atoms with Gasteiger partial charge in [-0.05, 0) is 61.3 Å². The van der Waals surface area contributed by atoms with Crippen LogP contribution in [0.2, 0.25) is 0 Å². The Morgan fingerprint density at radius 3 is 2.57 bits per heavy atom. The summed E-state index contributed by atoms with van der Waals surface area (Å²) in [6.07, 6.45) is 1.71. The summed E-state index contributed by atoms with van der Waals surface area (Å²) in [4.78, 5) is 11.2. The molecule has 2 aromatic carbocycles. The smallest absolute Gasteiger partial charge is 0.324 e. The number of piperidine rings is 1. The van der Waals surface area contributed by atoms with Gasteiger partial charge in [0.2, 0.25) is 5.95 Å². The summed E-state index contributed by atoms with van der Waals surface area (Å²) in [5.74, 6) is -0.715. The van der Waals surface area contributed by atoms with Crippen molar-refractivity contribution in [2.75, 3.05) is 18.4 Å². The standard InChI is InChI=1S/C25H26BF3N6/c1-34-15-19(13-31-34)17-8-16(14-35-6-4-20(5-7-35)25(27,28)29)9-22(11-17)32-24-30-12-18-10-21(26)2-3-23(18)33-24/h2-3,8-13,15,20H,4-7,14,26H2,1H3,(H,30,32,33). The summed E-state index contributed by atoms with van der Waals surface area (Å²) in [7, 11) is 3.89. The zero-order chi connectivity index (χ0) is 24.6. The predicted octanol–water partition coefficient (Wildman–Crippen LogP) is 3.81. The van der Waals surface area contributed by atoms with Crippen LogP contribution in [0.5, 0.6) is 0 Å². The van der Waals surface area contributed by atoms with Crippen molar-refractivity contribution in [3.63, 3.8) is 0 Å². The minimum Gasteiger partial charge on any atom is -0.324 e. The molecule has 1 saturated heterocycles. The Hall–Kier alpha value is -3.40. The number of nitrogens with one attached hydrogen (secondary N) is 1. The van der Waals surface area contributed by atoms with Gasteiger partial charge in [0, 0.05) is 42.6 Å². The van der Waals surface area contributed by atoms with Gasteiger partial charge in [-0.15, -0.1) is 0 Å². The van der Waals surface area contributed by atoms with Crippen molar-refractivity contribution >= 4 is 35.8 Å². The number of likely N-dealkylation sites (tertiary alicyclic amines) is 1. The second-order valence-corrected chi connectivity index (χ2v) is 9.29. The number of fused-ring (bicyclic) bond motifs is 1. The average Bonchev–Trinajstić information content (AvgIpc) is 3.25. The topological polar surface area (TPSA) is 58.9 Å². The Morgan fingerprint density at radius 1 is 1.06 bits per heavy atom. The molecule has 3 heterocycles. The molecule has 10 heteroatoms. The number of benzene rings is 2. The fraction of sp³-hybridized carbons (Fsp3) is 0.320. The van der Waals surface area contributed by atoms with Gasteiger partial charge < -0.3 is 5.32 Å². The molecule has 1 aliphatic rings. The van der Waals surface area contributed by atoms with E-state index in [0.717, 1.165) is 38.7 Å². The number of hydrogen-bond donors (Lipinski definition) is 1. The minimum absolute atomic E-state index is 0.140. The lowest BCUT2D eigenvalue weighted by molar-refractivity contribution is -0.185. The highest BCUT2D eigenvalue weighted by Gasteiger charge is 2.40. The third kappa shape index (κ3) is 5.48. The Kier molecular flexibility index (Phi) is 6.23. The van der Waals surface area contributed by atoms with Gasteiger partial charge in [0.25, 0.3) is 0 Å². The summed E-state index contributed by atoms with van der Waals surface area (Å²) >= 11 is 0. The highest BCUT2D eigenvalue weighted by molar-refractivity contribution is 6.33. The Bertz CT molecular complexity index is 1340. The number of aromatic nitrogens is 4. The monoisotopic (exact) mass is 478 g/mol. The minimum atomic E-state index is -4.11. The van der Waals surface area contributed by atoms with Crippen LogP contribution in [-0.2, 0) is 13.6 Å². The third-order valence-corrected chi connectivity index (χ3v) is 6.48. The molecule has 4 aromatic rings. The summed E-state index contributed by atoms with van der Waals surface area (Å²) in [5.41, 5.74) is 5.76. The molecule has 5 rings (SSSR count). The van der Waals surface area contributed by atoms with E-state index in [0.29, 0.717) is 25.6 Å². The molecule has 35 heavy (non-hydrogen) atoms. The molecule has 6 nitrogen and oxygen atoms in total. The largest absolute Gasteiger partial charge is 0.391 e. The Balaban J connectivity index is 1.40. The van der Waals surface area contributed by atoms with E-state index in [1.807, 2.05) is 51.4 Å². The van der Waals surface area contributed by atoms with E-state index in [9.17, 15) is 13.2 Å². The molecule has 1 fully saturated rings. The van der Waals surface area contributed by atoms with Crippen LogP contribution < -0.4 is 10.8 Å². The zero-order valence-electron chi connectivity index (χ0n) is 19.7. The summed E-state index contributed by atoms with van der Waals surface area (Å²) in [6.45, 7) is 1.43. The first-order valence-corrected chi connectivity index (χ1v) is 11.7. The Labute approximate surface area is 202 Å². The van der Waals surface area contributed by atoms with Crippen molar-refractivity contribution < 1.29 is 13.2 Å². The highest BCUT2D eigenvalue weighted by Crippen LogP contribution is 2.35. The first kappa shape index (κ1) is 23.4. The summed E-state index contributed by atoms with van der Waals surface area (Å²) in [6, 6.07) is 12.1. The van der Waals surface area contributed by atoms with Crippen LogP contribution in [-0.4, -0.2) is 51.8 Å². The molecule has 1 aliphatic heterocycles. The fourth-order valence-corrected chi connectivity index (χ4v) is 4.61. The van der Waals surface area contributed by atoms with Gasteiger partial charge in [0.15, 0.2) is 0 Å². The van der Waals surface area contributed by atoms with Crippen molar-refractivity contribution in [1.29, 1.82) is 0 Å².